The maximum atomic E-state index is 11.6. The van der Waals surface area contributed by atoms with E-state index in [1.165, 1.54) is 7.11 Å². The van der Waals surface area contributed by atoms with Gasteiger partial charge in [0.1, 0.15) is 5.54 Å². The molecule has 0 atom stereocenters. The van der Waals surface area contributed by atoms with E-state index in [0.29, 0.717) is 25.9 Å². The van der Waals surface area contributed by atoms with E-state index in [2.05, 4.69) is 4.90 Å². The lowest BCUT2D eigenvalue weighted by Crippen LogP contribution is -2.56. The highest BCUT2D eigenvalue weighted by molar-refractivity contribution is 6.33. The number of carbonyl (C=O) groups is 1. The Kier molecular flexibility index (Phi) is 3.78. The molecule has 0 aliphatic carbocycles. The van der Waals surface area contributed by atoms with Crippen molar-refractivity contribution in [1.82, 2.24) is 0 Å². The number of ether oxygens (including phenoxy) is 1. The molecule has 0 radical (unpaired) electrons. The number of para-hydroxylation sites is 1. The smallest absolute Gasteiger partial charge is 0.325 e. The molecule has 1 aliphatic heterocycles. The van der Waals surface area contributed by atoms with Gasteiger partial charge in [-0.2, -0.15) is 0 Å². The van der Waals surface area contributed by atoms with Gasteiger partial charge < -0.3 is 15.4 Å². The lowest BCUT2D eigenvalue weighted by molar-refractivity contribution is -0.147. The molecule has 4 nitrogen and oxygen atoms in total. The first kappa shape index (κ1) is 13.2. The molecule has 1 fully saturated rings. The number of hydrogen-bond acceptors (Lipinski definition) is 4. The van der Waals surface area contributed by atoms with E-state index in [-0.39, 0.29) is 5.97 Å². The van der Waals surface area contributed by atoms with Crippen LogP contribution >= 0.6 is 11.6 Å². The molecule has 1 heterocycles. The lowest BCUT2D eigenvalue weighted by Gasteiger charge is -2.38. The highest BCUT2D eigenvalue weighted by Gasteiger charge is 2.38. The van der Waals surface area contributed by atoms with Crippen molar-refractivity contribution in [2.45, 2.75) is 18.4 Å². The molecule has 98 valence electrons. The van der Waals surface area contributed by atoms with Gasteiger partial charge in [-0.3, -0.25) is 4.79 Å². The van der Waals surface area contributed by atoms with Crippen LogP contribution in [0.5, 0.6) is 0 Å². The SMILES string of the molecule is COC(=O)C1(N)CCN(c2ccccc2Cl)CC1. The Morgan fingerprint density at radius 2 is 2.00 bits per heavy atom. The molecule has 18 heavy (non-hydrogen) atoms. The topological polar surface area (TPSA) is 55.6 Å². The average Bonchev–Trinajstić information content (AvgIpc) is 2.39. The summed E-state index contributed by atoms with van der Waals surface area (Å²) < 4.78 is 4.75. The molecule has 1 saturated heterocycles. The predicted octanol–water partition coefficient (Wildman–Crippen LogP) is 1.81. The van der Waals surface area contributed by atoms with E-state index in [0.717, 1.165) is 10.7 Å². The van der Waals surface area contributed by atoms with Gasteiger partial charge >= 0.3 is 5.97 Å². The molecule has 1 aromatic rings. The van der Waals surface area contributed by atoms with Crippen molar-refractivity contribution in [3.8, 4) is 0 Å². The van der Waals surface area contributed by atoms with Crippen molar-refractivity contribution in [3.05, 3.63) is 29.3 Å². The van der Waals surface area contributed by atoms with Gasteiger partial charge in [-0.25, -0.2) is 0 Å². The second kappa shape index (κ2) is 5.16. The third kappa shape index (κ3) is 2.44. The number of piperidine rings is 1. The number of nitrogens with zero attached hydrogens (tertiary/aromatic N) is 1. The van der Waals surface area contributed by atoms with Crippen molar-refractivity contribution in [2.24, 2.45) is 5.73 Å². The lowest BCUT2D eigenvalue weighted by atomic mass is 9.88. The first-order chi connectivity index (χ1) is 8.57. The summed E-state index contributed by atoms with van der Waals surface area (Å²) in [4.78, 5) is 13.8. The quantitative estimate of drug-likeness (QED) is 0.831. The molecule has 0 saturated carbocycles. The minimum atomic E-state index is -0.855. The fourth-order valence-electron chi connectivity index (χ4n) is 2.26. The van der Waals surface area contributed by atoms with E-state index in [1.54, 1.807) is 0 Å². The molecule has 2 N–H and O–H groups in total. The Morgan fingerprint density at radius 3 is 2.56 bits per heavy atom. The summed E-state index contributed by atoms with van der Waals surface area (Å²) in [5, 5.41) is 0.722. The maximum absolute atomic E-state index is 11.6. The Balaban J connectivity index is 2.07. The number of nitrogens with two attached hydrogens (primary N) is 1. The number of esters is 1. The summed E-state index contributed by atoms with van der Waals surface area (Å²) in [7, 11) is 1.37. The van der Waals surface area contributed by atoms with E-state index >= 15 is 0 Å². The first-order valence-corrected chi connectivity index (χ1v) is 6.31. The standard InChI is InChI=1S/C13H17ClN2O2/c1-18-12(17)13(15)6-8-16(9-7-13)11-5-3-2-4-10(11)14/h2-5H,6-9,15H2,1H3. The summed E-state index contributed by atoms with van der Waals surface area (Å²) in [5.74, 6) is -0.332. The van der Waals surface area contributed by atoms with Crippen molar-refractivity contribution < 1.29 is 9.53 Å². The van der Waals surface area contributed by atoms with Crippen molar-refractivity contribution in [2.75, 3.05) is 25.1 Å². The second-order valence-corrected chi connectivity index (χ2v) is 4.99. The number of benzene rings is 1. The van der Waals surface area contributed by atoms with Crippen LogP contribution in [0.4, 0.5) is 5.69 Å². The summed E-state index contributed by atoms with van der Waals surface area (Å²) in [5.41, 5.74) is 6.19. The maximum Gasteiger partial charge on any atom is 0.325 e. The monoisotopic (exact) mass is 268 g/mol. The van der Waals surface area contributed by atoms with Gasteiger partial charge in [0.25, 0.3) is 0 Å². The molecule has 0 aromatic heterocycles. The highest BCUT2D eigenvalue weighted by atomic mass is 35.5. The van der Waals surface area contributed by atoms with Gasteiger partial charge in [-0.05, 0) is 25.0 Å². The molecule has 5 heteroatoms. The van der Waals surface area contributed by atoms with Crippen LogP contribution in [0.15, 0.2) is 24.3 Å². The van der Waals surface area contributed by atoms with Gasteiger partial charge in [0.15, 0.2) is 0 Å². The summed E-state index contributed by atoms with van der Waals surface area (Å²) in [6, 6.07) is 7.69. The fraction of sp³-hybridized carbons (Fsp3) is 0.462. The van der Waals surface area contributed by atoms with E-state index < -0.39 is 5.54 Å². The Labute approximate surface area is 112 Å². The number of carbonyl (C=O) groups excluding carboxylic acids is 1. The van der Waals surface area contributed by atoms with Gasteiger partial charge in [-0.1, -0.05) is 23.7 Å². The molecule has 1 aromatic carbocycles. The predicted molar refractivity (Wildman–Crippen MR) is 71.8 cm³/mol. The summed E-state index contributed by atoms with van der Waals surface area (Å²) in [6.07, 6.45) is 1.15. The van der Waals surface area contributed by atoms with Crippen LogP contribution in [0.1, 0.15) is 12.8 Å². The minimum absolute atomic E-state index is 0.332. The van der Waals surface area contributed by atoms with Gasteiger partial charge in [0, 0.05) is 13.1 Å². The van der Waals surface area contributed by atoms with Crippen LogP contribution in [-0.4, -0.2) is 31.7 Å². The molecule has 2 rings (SSSR count). The first-order valence-electron chi connectivity index (χ1n) is 5.93. The van der Waals surface area contributed by atoms with Crippen LogP contribution in [0, 0.1) is 0 Å². The van der Waals surface area contributed by atoms with E-state index in [4.69, 9.17) is 22.1 Å². The molecule has 1 aliphatic rings. The molecule has 0 spiro atoms. The largest absolute Gasteiger partial charge is 0.468 e. The Hall–Kier alpha value is -1.26. The molecule has 0 amide bonds. The van der Waals surface area contributed by atoms with E-state index in [1.807, 2.05) is 24.3 Å². The zero-order valence-corrected chi connectivity index (χ0v) is 11.1. The Morgan fingerprint density at radius 1 is 1.39 bits per heavy atom. The Bertz CT molecular complexity index is 442. The molecule has 0 unspecified atom stereocenters. The molecular weight excluding hydrogens is 252 g/mol. The summed E-state index contributed by atoms with van der Waals surface area (Å²) >= 11 is 6.15. The van der Waals surface area contributed by atoms with Crippen molar-refractivity contribution >= 4 is 23.3 Å². The second-order valence-electron chi connectivity index (χ2n) is 4.59. The number of anilines is 1. The van der Waals surface area contributed by atoms with Crippen LogP contribution in [0.3, 0.4) is 0 Å². The van der Waals surface area contributed by atoms with Crippen LogP contribution in [-0.2, 0) is 9.53 Å². The highest BCUT2D eigenvalue weighted by Crippen LogP contribution is 2.30. The fourth-order valence-corrected chi connectivity index (χ4v) is 2.52. The zero-order valence-electron chi connectivity index (χ0n) is 10.4. The minimum Gasteiger partial charge on any atom is -0.468 e. The normalized spacial score (nSPS) is 18.5. The van der Waals surface area contributed by atoms with Crippen LogP contribution in [0.2, 0.25) is 5.02 Å². The zero-order chi connectivity index (χ0) is 13.2. The summed E-state index contributed by atoms with van der Waals surface area (Å²) in [6.45, 7) is 1.41. The molecular formula is C13H17ClN2O2. The number of halogens is 1. The van der Waals surface area contributed by atoms with Crippen molar-refractivity contribution in [1.29, 1.82) is 0 Å². The molecule has 0 bridgehead atoms. The van der Waals surface area contributed by atoms with Crippen molar-refractivity contribution in [3.63, 3.8) is 0 Å². The van der Waals surface area contributed by atoms with Gasteiger partial charge in [0.2, 0.25) is 0 Å². The number of rotatable bonds is 2. The van der Waals surface area contributed by atoms with Crippen LogP contribution < -0.4 is 10.6 Å². The number of methoxy groups -OCH3 is 1. The van der Waals surface area contributed by atoms with Gasteiger partial charge in [-0.15, -0.1) is 0 Å². The van der Waals surface area contributed by atoms with Crippen LogP contribution in [0.25, 0.3) is 0 Å². The third-order valence-corrected chi connectivity index (χ3v) is 3.76. The number of hydrogen-bond donors (Lipinski definition) is 1. The van der Waals surface area contributed by atoms with Gasteiger partial charge in [0.05, 0.1) is 17.8 Å². The average molecular weight is 269 g/mol. The van der Waals surface area contributed by atoms with E-state index in [9.17, 15) is 4.79 Å². The third-order valence-electron chi connectivity index (χ3n) is 3.44.